The Morgan fingerprint density at radius 3 is 2.57 bits per heavy atom. The van der Waals surface area contributed by atoms with Crippen molar-refractivity contribution in [3.63, 3.8) is 0 Å². The van der Waals surface area contributed by atoms with Gasteiger partial charge in [0.15, 0.2) is 5.16 Å². The molecule has 9 heteroatoms. The topological polar surface area (TPSA) is 95.3 Å². The van der Waals surface area contributed by atoms with Crippen molar-refractivity contribution in [3.05, 3.63) is 78.1 Å². The van der Waals surface area contributed by atoms with Crippen molar-refractivity contribution in [3.8, 4) is 5.75 Å². The lowest BCUT2D eigenvalue weighted by molar-refractivity contribution is -0.113. The summed E-state index contributed by atoms with van der Waals surface area (Å²) in [5.41, 5.74) is 2.27. The third-order valence-electron chi connectivity index (χ3n) is 5.54. The van der Waals surface area contributed by atoms with Crippen molar-refractivity contribution in [2.24, 2.45) is 0 Å². The molecular weight excluding hydrogens is 488 g/mol. The Kier molecular flexibility index (Phi) is 9.91. The number of hydrogen-bond donors (Lipinski definition) is 1. The van der Waals surface area contributed by atoms with Gasteiger partial charge in [-0.1, -0.05) is 56.8 Å². The summed E-state index contributed by atoms with van der Waals surface area (Å²) in [4.78, 5) is 24.2. The second kappa shape index (κ2) is 13.1. The highest BCUT2D eigenvalue weighted by molar-refractivity contribution is 7.99. The smallest absolute Gasteiger partial charge is 0.337 e. The van der Waals surface area contributed by atoms with Gasteiger partial charge in [-0.05, 0) is 47.7 Å². The normalized spacial score (nSPS) is 11.1. The maximum absolute atomic E-state index is 12.5. The van der Waals surface area contributed by atoms with E-state index < -0.39 is 5.97 Å². The van der Waals surface area contributed by atoms with E-state index in [0.29, 0.717) is 36.0 Å². The van der Waals surface area contributed by atoms with Crippen LogP contribution in [0.3, 0.4) is 0 Å². The summed E-state index contributed by atoms with van der Waals surface area (Å²) in [7, 11) is 1.32. The van der Waals surface area contributed by atoms with E-state index >= 15 is 0 Å². The first-order chi connectivity index (χ1) is 17.7. The zero-order valence-corrected chi connectivity index (χ0v) is 22.6. The van der Waals surface area contributed by atoms with Crippen molar-refractivity contribution in [2.75, 3.05) is 24.8 Å². The van der Waals surface area contributed by atoms with E-state index in [4.69, 9.17) is 9.47 Å². The molecule has 0 bridgehead atoms. The third-order valence-corrected chi connectivity index (χ3v) is 6.51. The van der Waals surface area contributed by atoms with Gasteiger partial charge in [-0.3, -0.25) is 4.79 Å². The first-order valence-electron chi connectivity index (χ1n) is 12.1. The van der Waals surface area contributed by atoms with Crippen LogP contribution in [0.4, 0.5) is 5.69 Å². The molecule has 1 heterocycles. The Bertz CT molecular complexity index is 1220. The molecule has 1 amide bonds. The fourth-order valence-corrected chi connectivity index (χ4v) is 4.33. The van der Waals surface area contributed by atoms with Crippen LogP contribution in [0, 0.1) is 0 Å². The summed E-state index contributed by atoms with van der Waals surface area (Å²) >= 11 is 1.30. The lowest BCUT2D eigenvalue weighted by Crippen LogP contribution is -2.15. The monoisotopic (exact) mass is 522 g/mol. The number of benzene rings is 2. The van der Waals surface area contributed by atoms with Gasteiger partial charge in [-0.15, -0.1) is 16.8 Å². The molecule has 1 N–H and O–H groups in total. The van der Waals surface area contributed by atoms with E-state index in [0.717, 1.165) is 18.0 Å². The van der Waals surface area contributed by atoms with Crippen LogP contribution in [0.25, 0.3) is 0 Å². The molecule has 0 aliphatic rings. The maximum Gasteiger partial charge on any atom is 0.337 e. The summed E-state index contributed by atoms with van der Waals surface area (Å²) < 4.78 is 12.6. The molecule has 0 aliphatic carbocycles. The Morgan fingerprint density at radius 1 is 1.14 bits per heavy atom. The molecule has 8 nitrogen and oxygen atoms in total. The Balaban J connectivity index is 1.51. The van der Waals surface area contributed by atoms with E-state index in [1.807, 2.05) is 16.7 Å². The lowest BCUT2D eigenvalue weighted by atomic mass is 9.87. The molecular formula is C28H34N4O4S. The minimum Gasteiger partial charge on any atom is -0.494 e. The SMILES string of the molecule is C=CCn1c(CCCOc2ccc(C(C)(C)C)cc2)nnc1SCC(=O)Nc1cccc(C(=O)OC)c1. The first-order valence-corrected chi connectivity index (χ1v) is 13.1. The number of allylic oxidation sites excluding steroid dienone is 1. The van der Waals surface area contributed by atoms with Crippen molar-refractivity contribution >= 4 is 29.3 Å². The highest BCUT2D eigenvalue weighted by Crippen LogP contribution is 2.24. The number of hydrogen-bond acceptors (Lipinski definition) is 7. The molecule has 0 saturated carbocycles. The Labute approximate surface area is 222 Å². The number of carbonyl (C=O) groups excluding carboxylic acids is 2. The molecule has 196 valence electrons. The van der Waals surface area contributed by atoms with Gasteiger partial charge in [-0.2, -0.15) is 0 Å². The standard InChI is InChI=1S/C28H34N4O4S/c1-6-16-32-24(11-8-17-36-23-14-12-21(13-15-23)28(2,3)4)30-31-27(32)37-19-25(33)29-22-10-7-9-20(18-22)26(34)35-5/h6-7,9-10,12-15,18H,1,8,11,16-17,19H2,2-5H3,(H,29,33). The maximum atomic E-state index is 12.5. The Hall–Kier alpha value is -3.59. The number of esters is 1. The molecule has 37 heavy (non-hydrogen) atoms. The summed E-state index contributed by atoms with van der Waals surface area (Å²) in [6, 6.07) is 14.8. The first kappa shape index (κ1) is 28.0. The molecule has 0 unspecified atom stereocenters. The molecule has 0 radical (unpaired) electrons. The molecule has 1 aromatic heterocycles. The number of carbonyl (C=O) groups is 2. The molecule has 2 aromatic carbocycles. The summed E-state index contributed by atoms with van der Waals surface area (Å²) in [5, 5.41) is 12.0. The fourth-order valence-electron chi connectivity index (χ4n) is 3.56. The van der Waals surface area contributed by atoms with Crippen LogP contribution in [0.2, 0.25) is 0 Å². The van der Waals surface area contributed by atoms with Gasteiger partial charge in [0.2, 0.25) is 5.91 Å². The summed E-state index contributed by atoms with van der Waals surface area (Å²) in [6.45, 7) is 11.5. The van der Waals surface area contributed by atoms with Gasteiger partial charge < -0.3 is 19.4 Å². The predicted octanol–water partition coefficient (Wildman–Crippen LogP) is 5.29. The van der Waals surface area contributed by atoms with Crippen LogP contribution in [-0.4, -0.2) is 46.1 Å². The Morgan fingerprint density at radius 2 is 1.89 bits per heavy atom. The largest absolute Gasteiger partial charge is 0.494 e. The second-order valence-electron chi connectivity index (χ2n) is 9.43. The quantitative estimate of drug-likeness (QED) is 0.149. The second-order valence-corrected chi connectivity index (χ2v) is 10.4. The van der Waals surface area contributed by atoms with Crippen LogP contribution in [0.1, 0.15) is 48.9 Å². The number of ether oxygens (including phenoxy) is 2. The number of methoxy groups -OCH3 is 1. The minimum absolute atomic E-state index is 0.111. The van der Waals surface area contributed by atoms with Crippen molar-refractivity contribution < 1.29 is 19.1 Å². The van der Waals surface area contributed by atoms with Gasteiger partial charge in [0, 0.05) is 18.7 Å². The number of nitrogens with zero attached hydrogens (tertiary/aromatic N) is 3. The molecule has 0 saturated heterocycles. The number of rotatable bonds is 12. The van der Waals surface area contributed by atoms with E-state index in [9.17, 15) is 9.59 Å². The zero-order valence-electron chi connectivity index (χ0n) is 21.8. The van der Waals surface area contributed by atoms with Gasteiger partial charge in [0.25, 0.3) is 0 Å². The lowest BCUT2D eigenvalue weighted by Gasteiger charge is -2.19. The number of aromatic nitrogens is 3. The van der Waals surface area contributed by atoms with Gasteiger partial charge >= 0.3 is 5.97 Å². The van der Waals surface area contributed by atoms with Crippen molar-refractivity contribution in [2.45, 2.75) is 50.7 Å². The predicted molar refractivity (Wildman–Crippen MR) is 146 cm³/mol. The number of thioether (sulfide) groups is 1. The molecule has 0 spiro atoms. The van der Waals surface area contributed by atoms with E-state index in [1.54, 1.807) is 30.3 Å². The minimum atomic E-state index is -0.459. The molecule has 0 fully saturated rings. The van der Waals surface area contributed by atoms with Crippen molar-refractivity contribution in [1.82, 2.24) is 14.8 Å². The van der Waals surface area contributed by atoms with Crippen LogP contribution in [-0.2, 0) is 27.9 Å². The summed E-state index contributed by atoms with van der Waals surface area (Å²) in [5.74, 6) is 1.14. The molecule has 3 rings (SSSR count). The zero-order chi connectivity index (χ0) is 26.8. The fraction of sp³-hybridized carbons (Fsp3) is 0.357. The highest BCUT2D eigenvalue weighted by Gasteiger charge is 2.15. The number of nitrogens with one attached hydrogen (secondary N) is 1. The molecule has 0 atom stereocenters. The van der Waals surface area contributed by atoms with E-state index in [-0.39, 0.29) is 17.1 Å². The van der Waals surface area contributed by atoms with Crippen molar-refractivity contribution in [1.29, 1.82) is 0 Å². The summed E-state index contributed by atoms with van der Waals surface area (Å²) in [6.07, 6.45) is 3.24. The highest BCUT2D eigenvalue weighted by atomic mass is 32.2. The van der Waals surface area contributed by atoms with Crippen LogP contribution >= 0.6 is 11.8 Å². The van der Waals surface area contributed by atoms with E-state index in [1.165, 1.54) is 24.4 Å². The number of amides is 1. The number of anilines is 1. The van der Waals surface area contributed by atoms with Crippen LogP contribution in [0.5, 0.6) is 5.75 Å². The number of aryl methyl sites for hydroxylation is 1. The third kappa shape index (κ3) is 8.21. The molecule has 3 aromatic rings. The molecule has 0 aliphatic heterocycles. The average molecular weight is 523 g/mol. The van der Waals surface area contributed by atoms with Gasteiger partial charge in [0.05, 0.1) is 25.0 Å². The van der Waals surface area contributed by atoms with Gasteiger partial charge in [-0.25, -0.2) is 4.79 Å². The van der Waals surface area contributed by atoms with Crippen LogP contribution < -0.4 is 10.1 Å². The van der Waals surface area contributed by atoms with Gasteiger partial charge in [0.1, 0.15) is 11.6 Å². The van der Waals surface area contributed by atoms with E-state index in [2.05, 4.69) is 55.0 Å². The van der Waals surface area contributed by atoms with Crippen LogP contribution in [0.15, 0.2) is 66.3 Å². The average Bonchev–Trinajstić information content (AvgIpc) is 3.26.